The third-order valence-corrected chi connectivity index (χ3v) is 4.74. The third kappa shape index (κ3) is 1.53. The minimum Gasteiger partial charge on any atom is -0.312 e. The first-order valence-corrected chi connectivity index (χ1v) is 7.12. The summed E-state index contributed by atoms with van der Waals surface area (Å²) in [7, 11) is 0. The zero-order valence-electron chi connectivity index (χ0n) is 9.91. The molecule has 94 valence electrons. The van der Waals surface area contributed by atoms with Gasteiger partial charge in [0.15, 0.2) is 5.50 Å². The second kappa shape index (κ2) is 4.15. The molecule has 0 spiro atoms. The molecule has 4 rings (SSSR count). The molecule has 1 aromatic rings. The predicted molar refractivity (Wildman–Crippen MR) is 73.6 cm³/mol. The molecule has 2 unspecified atom stereocenters. The van der Waals surface area contributed by atoms with Crippen LogP contribution in [-0.2, 0) is 0 Å². The second-order valence-electron chi connectivity index (χ2n) is 4.60. The minimum atomic E-state index is 0.264. The van der Waals surface area contributed by atoms with Crippen molar-refractivity contribution in [2.75, 3.05) is 24.5 Å². The van der Waals surface area contributed by atoms with Crippen molar-refractivity contribution in [2.24, 2.45) is 5.10 Å². The van der Waals surface area contributed by atoms with Crippen LogP contribution in [0, 0.1) is 0 Å². The van der Waals surface area contributed by atoms with Gasteiger partial charge in [-0.25, -0.2) is 5.01 Å². The molecule has 5 nitrogen and oxygen atoms in total. The number of thioether (sulfide) groups is 1. The topological polar surface area (TPSA) is 42.9 Å². The standard InChI is InChI=1S/C12H15N5S/c1-2-4-10-9(3-1)16-8-15-17(12(16)18-10)11-7-13-5-6-14-11/h1-4,8,11-14H,5-7H2. The Morgan fingerprint density at radius 2 is 2.22 bits per heavy atom. The normalized spacial score (nSPS) is 29.6. The van der Waals surface area contributed by atoms with Crippen LogP contribution >= 0.6 is 11.8 Å². The molecular formula is C12H15N5S. The van der Waals surface area contributed by atoms with Gasteiger partial charge in [0.1, 0.15) is 12.5 Å². The van der Waals surface area contributed by atoms with Crippen LogP contribution in [0.1, 0.15) is 0 Å². The maximum absolute atomic E-state index is 4.55. The first-order chi connectivity index (χ1) is 8.93. The molecule has 0 bridgehead atoms. The molecule has 1 aromatic carbocycles. The molecular weight excluding hydrogens is 246 g/mol. The van der Waals surface area contributed by atoms with Gasteiger partial charge in [0.05, 0.1) is 5.69 Å². The number of fused-ring (bicyclic) bond motifs is 3. The number of hydrazone groups is 1. The number of hydrogen-bond acceptors (Lipinski definition) is 6. The Labute approximate surface area is 110 Å². The van der Waals surface area contributed by atoms with Gasteiger partial charge in [-0.05, 0) is 12.1 Å². The molecule has 3 heterocycles. The van der Waals surface area contributed by atoms with Crippen LogP contribution in [0.4, 0.5) is 5.69 Å². The highest BCUT2D eigenvalue weighted by atomic mass is 32.2. The summed E-state index contributed by atoms with van der Waals surface area (Å²) in [4.78, 5) is 3.58. The highest BCUT2D eigenvalue weighted by Crippen LogP contribution is 2.45. The third-order valence-electron chi connectivity index (χ3n) is 3.49. The average Bonchev–Trinajstić information content (AvgIpc) is 2.98. The largest absolute Gasteiger partial charge is 0.312 e. The number of nitrogens with one attached hydrogen (secondary N) is 2. The lowest BCUT2D eigenvalue weighted by molar-refractivity contribution is 0.157. The van der Waals surface area contributed by atoms with E-state index in [0.29, 0.717) is 0 Å². The first-order valence-electron chi connectivity index (χ1n) is 6.24. The number of nitrogens with zero attached hydrogens (tertiary/aromatic N) is 3. The number of piperazine rings is 1. The average molecular weight is 261 g/mol. The van der Waals surface area contributed by atoms with Crippen molar-refractivity contribution in [3.8, 4) is 0 Å². The maximum atomic E-state index is 4.55. The summed E-state index contributed by atoms with van der Waals surface area (Å²) >= 11 is 1.87. The highest BCUT2D eigenvalue weighted by Gasteiger charge is 2.40. The van der Waals surface area contributed by atoms with Crippen molar-refractivity contribution >= 4 is 23.8 Å². The van der Waals surface area contributed by atoms with Gasteiger partial charge in [0, 0.05) is 24.5 Å². The van der Waals surface area contributed by atoms with Gasteiger partial charge in [-0.3, -0.25) is 10.2 Å². The fourth-order valence-corrected chi connectivity index (χ4v) is 3.86. The molecule has 3 aliphatic heterocycles. The fraction of sp³-hybridized carbons (Fsp3) is 0.417. The van der Waals surface area contributed by atoms with Crippen LogP contribution in [0.5, 0.6) is 0 Å². The number of benzene rings is 1. The molecule has 6 heteroatoms. The Morgan fingerprint density at radius 3 is 3.11 bits per heavy atom. The van der Waals surface area contributed by atoms with Gasteiger partial charge in [-0.1, -0.05) is 23.9 Å². The van der Waals surface area contributed by atoms with E-state index in [0.717, 1.165) is 19.6 Å². The smallest absolute Gasteiger partial charge is 0.177 e. The zero-order chi connectivity index (χ0) is 11.9. The minimum absolute atomic E-state index is 0.264. The van der Waals surface area contributed by atoms with Crippen molar-refractivity contribution in [1.82, 2.24) is 15.6 Å². The molecule has 0 aliphatic carbocycles. The van der Waals surface area contributed by atoms with Gasteiger partial charge in [0.25, 0.3) is 0 Å². The second-order valence-corrected chi connectivity index (χ2v) is 5.70. The van der Waals surface area contributed by atoms with Crippen LogP contribution in [0.3, 0.4) is 0 Å². The van der Waals surface area contributed by atoms with Crippen molar-refractivity contribution in [2.45, 2.75) is 16.6 Å². The Morgan fingerprint density at radius 1 is 1.28 bits per heavy atom. The van der Waals surface area contributed by atoms with Crippen LogP contribution in [-0.4, -0.2) is 42.6 Å². The molecule has 0 aromatic heterocycles. The van der Waals surface area contributed by atoms with Crippen molar-refractivity contribution in [3.63, 3.8) is 0 Å². The van der Waals surface area contributed by atoms with Crippen LogP contribution in [0.15, 0.2) is 34.3 Å². The number of para-hydroxylation sites is 1. The van der Waals surface area contributed by atoms with Crippen LogP contribution < -0.4 is 15.5 Å². The van der Waals surface area contributed by atoms with Gasteiger partial charge < -0.3 is 5.32 Å². The Balaban J connectivity index is 1.60. The monoisotopic (exact) mass is 261 g/mol. The highest BCUT2D eigenvalue weighted by molar-refractivity contribution is 8.00. The van der Waals surface area contributed by atoms with E-state index in [9.17, 15) is 0 Å². The van der Waals surface area contributed by atoms with E-state index in [1.165, 1.54) is 10.6 Å². The van der Waals surface area contributed by atoms with E-state index < -0.39 is 0 Å². The molecule has 18 heavy (non-hydrogen) atoms. The number of rotatable bonds is 1. The summed E-state index contributed by atoms with van der Waals surface area (Å²) in [5, 5.41) is 13.6. The Bertz CT molecular complexity index is 485. The van der Waals surface area contributed by atoms with E-state index in [2.05, 4.69) is 49.9 Å². The summed E-state index contributed by atoms with van der Waals surface area (Å²) in [5.41, 5.74) is 1.53. The number of hydrogen-bond donors (Lipinski definition) is 2. The molecule has 2 atom stereocenters. The zero-order valence-corrected chi connectivity index (χ0v) is 10.7. The molecule has 3 aliphatic rings. The SMILES string of the molecule is C1=NN(C2CNCCN2)C2Sc3ccccc3N12. The molecule has 0 radical (unpaired) electrons. The van der Waals surface area contributed by atoms with Crippen LogP contribution in [0.25, 0.3) is 0 Å². The van der Waals surface area contributed by atoms with Crippen LogP contribution in [0.2, 0.25) is 0 Å². The lowest BCUT2D eigenvalue weighted by atomic mass is 10.3. The first kappa shape index (κ1) is 10.7. The van der Waals surface area contributed by atoms with E-state index in [4.69, 9.17) is 0 Å². The van der Waals surface area contributed by atoms with Crippen molar-refractivity contribution in [1.29, 1.82) is 0 Å². The summed E-state index contributed by atoms with van der Waals surface area (Å²) < 4.78 is 0. The van der Waals surface area contributed by atoms with E-state index in [1.54, 1.807) is 0 Å². The van der Waals surface area contributed by atoms with E-state index >= 15 is 0 Å². The lowest BCUT2D eigenvalue weighted by Gasteiger charge is -2.34. The quantitative estimate of drug-likeness (QED) is 0.777. The predicted octanol–water partition coefficient (Wildman–Crippen LogP) is 0.660. The van der Waals surface area contributed by atoms with Gasteiger partial charge >= 0.3 is 0 Å². The van der Waals surface area contributed by atoms with Crippen molar-refractivity contribution < 1.29 is 0 Å². The molecule has 0 saturated carbocycles. The lowest BCUT2D eigenvalue weighted by Crippen LogP contribution is -2.57. The summed E-state index contributed by atoms with van der Waals surface area (Å²) in [6, 6.07) is 8.51. The maximum Gasteiger partial charge on any atom is 0.177 e. The molecule has 1 saturated heterocycles. The van der Waals surface area contributed by atoms with Gasteiger partial charge in [-0.2, -0.15) is 5.10 Å². The summed E-state index contributed by atoms with van der Waals surface area (Å²) in [6.07, 6.45) is 2.23. The molecule has 0 amide bonds. The fourth-order valence-electron chi connectivity index (χ4n) is 2.59. The van der Waals surface area contributed by atoms with Gasteiger partial charge in [-0.15, -0.1) is 0 Å². The van der Waals surface area contributed by atoms with E-state index in [1.807, 2.05) is 18.1 Å². The Kier molecular flexibility index (Phi) is 2.46. The summed E-state index contributed by atoms with van der Waals surface area (Å²) in [5.74, 6) is 0. The van der Waals surface area contributed by atoms with Crippen molar-refractivity contribution in [3.05, 3.63) is 24.3 Å². The molecule has 2 N–H and O–H groups in total. The summed E-state index contributed by atoms with van der Waals surface area (Å²) in [6.45, 7) is 2.98. The number of anilines is 1. The van der Waals surface area contributed by atoms with E-state index in [-0.39, 0.29) is 11.7 Å². The molecule has 1 fully saturated rings. The Hall–Kier alpha value is -1.24. The van der Waals surface area contributed by atoms with Gasteiger partial charge in [0.2, 0.25) is 0 Å².